The molecule has 0 aliphatic carbocycles. The van der Waals surface area contributed by atoms with E-state index in [9.17, 15) is 9.90 Å². The van der Waals surface area contributed by atoms with Crippen molar-refractivity contribution < 1.29 is 5.11 Å². The third kappa shape index (κ3) is 3.79. The van der Waals surface area contributed by atoms with Crippen LogP contribution in [0.15, 0.2) is 34.4 Å². The van der Waals surface area contributed by atoms with Crippen LogP contribution in [0.25, 0.3) is 10.1 Å². The molecule has 0 spiro atoms. The van der Waals surface area contributed by atoms with Gasteiger partial charge in [-0.2, -0.15) is 0 Å². The largest absolute Gasteiger partial charge is 0.382 e. The maximum atomic E-state index is 13.1. The zero-order chi connectivity index (χ0) is 21.6. The number of benzene rings is 1. The lowest BCUT2D eigenvalue weighted by atomic mass is 9.94. The summed E-state index contributed by atoms with van der Waals surface area (Å²) in [5, 5.41) is 14.1. The van der Waals surface area contributed by atoms with Crippen LogP contribution in [-0.2, 0) is 18.6 Å². The number of aryl methyl sites for hydroxylation is 1. The molecule has 4 heterocycles. The molecular formula is C24H30N4O2S. The van der Waals surface area contributed by atoms with Crippen LogP contribution in [0.2, 0.25) is 0 Å². The normalized spacial score (nSPS) is 22.1. The zero-order valence-corrected chi connectivity index (χ0v) is 19.1. The fourth-order valence-corrected chi connectivity index (χ4v) is 5.84. The van der Waals surface area contributed by atoms with Crippen molar-refractivity contribution in [3.63, 3.8) is 0 Å². The first-order chi connectivity index (χ1) is 14.9. The van der Waals surface area contributed by atoms with Crippen molar-refractivity contribution >= 4 is 27.1 Å². The molecule has 5 rings (SSSR count). The van der Waals surface area contributed by atoms with Crippen LogP contribution in [0.5, 0.6) is 0 Å². The Morgan fingerprint density at radius 3 is 2.77 bits per heavy atom. The molecule has 1 N–H and O–H groups in total. The first-order valence-electron chi connectivity index (χ1n) is 11.2. The maximum Gasteiger partial charge on any atom is 0.257 e. The van der Waals surface area contributed by atoms with Gasteiger partial charge in [0.2, 0.25) is 0 Å². The summed E-state index contributed by atoms with van der Waals surface area (Å²) in [6.07, 6.45) is 2.17. The Morgan fingerprint density at radius 2 is 1.97 bits per heavy atom. The number of hydrogen-bond acceptors (Lipinski definition) is 6. The lowest BCUT2D eigenvalue weighted by Gasteiger charge is -2.36. The summed E-state index contributed by atoms with van der Waals surface area (Å²) < 4.78 is 3.04. The maximum absolute atomic E-state index is 13.1. The highest BCUT2D eigenvalue weighted by Gasteiger charge is 2.33. The van der Waals surface area contributed by atoms with Gasteiger partial charge in [-0.25, -0.2) is 4.98 Å². The summed E-state index contributed by atoms with van der Waals surface area (Å²) in [5.41, 5.74) is 1.92. The summed E-state index contributed by atoms with van der Waals surface area (Å²) in [4.78, 5) is 22.7. The van der Waals surface area contributed by atoms with Gasteiger partial charge < -0.3 is 10.0 Å². The number of nitrogens with zero attached hydrogens (tertiary/aromatic N) is 4. The topological polar surface area (TPSA) is 61.6 Å². The van der Waals surface area contributed by atoms with E-state index in [4.69, 9.17) is 0 Å². The van der Waals surface area contributed by atoms with Crippen LogP contribution in [0.4, 0.5) is 5.69 Å². The van der Waals surface area contributed by atoms with Gasteiger partial charge in [-0.15, -0.1) is 11.3 Å². The predicted molar refractivity (Wildman–Crippen MR) is 126 cm³/mol. The lowest BCUT2D eigenvalue weighted by molar-refractivity contribution is 0.0170. The van der Waals surface area contributed by atoms with Crippen molar-refractivity contribution in [3.8, 4) is 0 Å². The Kier molecular flexibility index (Phi) is 5.36. The van der Waals surface area contributed by atoms with E-state index in [0.29, 0.717) is 25.2 Å². The molecule has 0 radical (unpaired) electrons. The number of piperazine rings is 1. The van der Waals surface area contributed by atoms with Gasteiger partial charge in [0, 0.05) is 66.3 Å². The smallest absolute Gasteiger partial charge is 0.257 e. The average molecular weight is 439 g/mol. The monoisotopic (exact) mass is 438 g/mol. The molecule has 1 aromatic carbocycles. The summed E-state index contributed by atoms with van der Waals surface area (Å²) in [5.74, 6) is 0.529. The number of thiophene rings is 1. The molecule has 0 saturated carbocycles. The van der Waals surface area contributed by atoms with E-state index >= 15 is 0 Å². The van der Waals surface area contributed by atoms with Crippen molar-refractivity contribution in [2.75, 3.05) is 37.6 Å². The Labute approximate surface area is 186 Å². The van der Waals surface area contributed by atoms with Gasteiger partial charge in [-0.1, -0.05) is 6.07 Å². The van der Waals surface area contributed by atoms with Crippen molar-refractivity contribution in [3.05, 3.63) is 57.1 Å². The van der Waals surface area contributed by atoms with Gasteiger partial charge in [-0.3, -0.25) is 14.3 Å². The Bertz CT molecular complexity index is 1160. The molecule has 31 heavy (non-hydrogen) atoms. The van der Waals surface area contributed by atoms with Gasteiger partial charge in [0.15, 0.2) is 0 Å². The van der Waals surface area contributed by atoms with Crippen molar-refractivity contribution in [2.24, 2.45) is 0 Å². The van der Waals surface area contributed by atoms with Crippen LogP contribution in [0.1, 0.15) is 36.8 Å². The first kappa shape index (κ1) is 20.7. The van der Waals surface area contributed by atoms with E-state index in [0.717, 1.165) is 50.4 Å². The summed E-state index contributed by atoms with van der Waals surface area (Å²) in [7, 11) is 0. The van der Waals surface area contributed by atoms with Crippen LogP contribution in [0, 0.1) is 6.92 Å². The average Bonchev–Trinajstić information content (AvgIpc) is 3.24. The standard InChI is InChI=1S/C24H30N4O2S/c1-17-18(22(29)28-10-4-9-24(2,30)23(28)25-17)7-11-26-12-14-27(15-13-26)20-5-3-6-21-19(20)8-16-31-21/h3,5-6,8,16,30H,4,7,9-15H2,1-2H3. The van der Waals surface area contributed by atoms with E-state index in [1.807, 2.05) is 6.92 Å². The Hall–Kier alpha value is -2.22. The highest BCUT2D eigenvalue weighted by molar-refractivity contribution is 7.17. The van der Waals surface area contributed by atoms with Crippen molar-refractivity contribution in [1.82, 2.24) is 14.5 Å². The molecule has 164 valence electrons. The molecule has 7 heteroatoms. The van der Waals surface area contributed by atoms with E-state index in [2.05, 4.69) is 44.4 Å². The third-order valence-electron chi connectivity index (χ3n) is 6.86. The number of anilines is 1. The van der Waals surface area contributed by atoms with Crippen LogP contribution >= 0.6 is 11.3 Å². The van der Waals surface area contributed by atoms with Gasteiger partial charge in [0.05, 0.1) is 0 Å². The number of aromatic nitrogens is 2. The number of hydrogen-bond donors (Lipinski definition) is 1. The second-order valence-corrected chi connectivity index (χ2v) is 9.97. The molecule has 1 fully saturated rings. The molecule has 0 amide bonds. The van der Waals surface area contributed by atoms with Crippen LogP contribution in [0.3, 0.4) is 0 Å². The summed E-state index contributed by atoms with van der Waals surface area (Å²) in [6.45, 7) is 9.17. The second-order valence-electron chi connectivity index (χ2n) is 9.02. The second kappa shape index (κ2) is 8.04. The minimum atomic E-state index is -1.01. The number of fused-ring (bicyclic) bond motifs is 2. The predicted octanol–water partition coefficient (Wildman–Crippen LogP) is 3.13. The fourth-order valence-electron chi connectivity index (χ4n) is 5.04. The third-order valence-corrected chi connectivity index (χ3v) is 7.74. The Balaban J connectivity index is 1.26. The van der Waals surface area contributed by atoms with E-state index in [1.54, 1.807) is 22.8 Å². The minimum Gasteiger partial charge on any atom is -0.382 e. The van der Waals surface area contributed by atoms with E-state index < -0.39 is 5.60 Å². The van der Waals surface area contributed by atoms with E-state index in [1.165, 1.54) is 15.8 Å². The first-order valence-corrected chi connectivity index (χ1v) is 12.1. The SMILES string of the molecule is Cc1nc2n(c(=O)c1CCN1CCN(c3cccc4sccc34)CC1)CCCC2(C)O. The molecule has 2 aliphatic rings. The molecule has 1 atom stereocenters. The van der Waals surface area contributed by atoms with Crippen LogP contribution < -0.4 is 10.5 Å². The zero-order valence-electron chi connectivity index (χ0n) is 18.3. The number of rotatable bonds is 4. The van der Waals surface area contributed by atoms with Crippen molar-refractivity contribution in [1.29, 1.82) is 0 Å². The minimum absolute atomic E-state index is 0.0326. The molecule has 1 unspecified atom stereocenters. The highest BCUT2D eigenvalue weighted by Crippen LogP contribution is 2.31. The molecule has 0 bridgehead atoms. The van der Waals surface area contributed by atoms with Gasteiger partial charge >= 0.3 is 0 Å². The fraction of sp³-hybridized carbons (Fsp3) is 0.500. The quantitative estimate of drug-likeness (QED) is 0.678. The molecular weight excluding hydrogens is 408 g/mol. The van der Waals surface area contributed by atoms with Crippen molar-refractivity contribution in [2.45, 2.75) is 45.3 Å². The van der Waals surface area contributed by atoms with Crippen LogP contribution in [-0.4, -0.2) is 52.3 Å². The summed E-state index contributed by atoms with van der Waals surface area (Å²) in [6, 6.07) is 8.78. The van der Waals surface area contributed by atoms with Gasteiger partial charge in [0.25, 0.3) is 5.56 Å². The van der Waals surface area contributed by atoms with E-state index in [-0.39, 0.29) is 5.56 Å². The molecule has 2 aromatic heterocycles. The molecule has 2 aliphatic heterocycles. The molecule has 3 aromatic rings. The lowest BCUT2D eigenvalue weighted by Crippen LogP contribution is -2.47. The van der Waals surface area contributed by atoms with Gasteiger partial charge in [-0.05, 0) is 56.7 Å². The Morgan fingerprint density at radius 1 is 1.16 bits per heavy atom. The highest BCUT2D eigenvalue weighted by atomic mass is 32.1. The number of aliphatic hydroxyl groups is 1. The molecule has 6 nitrogen and oxygen atoms in total. The molecule has 1 saturated heterocycles. The van der Waals surface area contributed by atoms with Gasteiger partial charge in [0.1, 0.15) is 11.4 Å². The summed E-state index contributed by atoms with van der Waals surface area (Å²) >= 11 is 1.79.